The molecule has 1 atom stereocenters. The van der Waals surface area contributed by atoms with E-state index in [2.05, 4.69) is 27.2 Å². The molecule has 3 rings (SSSR count). The third-order valence-corrected chi connectivity index (χ3v) is 5.30. The zero-order chi connectivity index (χ0) is 19.9. The van der Waals surface area contributed by atoms with Gasteiger partial charge in [0.1, 0.15) is 11.5 Å². The van der Waals surface area contributed by atoms with Gasteiger partial charge in [-0.25, -0.2) is 0 Å². The van der Waals surface area contributed by atoms with Crippen LogP contribution in [0.25, 0.3) is 0 Å². The SMILES string of the molecule is COc1ccc(CNC(=O)[C@@H](C)N2CCN(c3ccc(OC)cc3)CC2)cc1. The van der Waals surface area contributed by atoms with Crippen LogP contribution in [0, 0.1) is 0 Å². The topological polar surface area (TPSA) is 54.0 Å². The van der Waals surface area contributed by atoms with Crippen molar-refractivity contribution in [3.8, 4) is 11.5 Å². The number of amides is 1. The van der Waals surface area contributed by atoms with Crippen LogP contribution in [0.3, 0.4) is 0 Å². The number of ether oxygens (including phenoxy) is 2. The molecule has 150 valence electrons. The maximum Gasteiger partial charge on any atom is 0.237 e. The summed E-state index contributed by atoms with van der Waals surface area (Å²) in [6, 6.07) is 15.7. The fourth-order valence-electron chi connectivity index (χ4n) is 3.41. The molecular weight excluding hydrogens is 354 g/mol. The summed E-state index contributed by atoms with van der Waals surface area (Å²) < 4.78 is 10.4. The molecular formula is C22H29N3O3. The van der Waals surface area contributed by atoms with Gasteiger partial charge in [0.05, 0.1) is 20.3 Å². The Kier molecular flexibility index (Phi) is 6.76. The van der Waals surface area contributed by atoms with Crippen molar-refractivity contribution in [2.45, 2.75) is 19.5 Å². The van der Waals surface area contributed by atoms with Gasteiger partial charge in [0.25, 0.3) is 0 Å². The number of hydrogen-bond acceptors (Lipinski definition) is 5. The quantitative estimate of drug-likeness (QED) is 0.796. The van der Waals surface area contributed by atoms with E-state index < -0.39 is 0 Å². The van der Waals surface area contributed by atoms with Crippen LogP contribution < -0.4 is 19.7 Å². The summed E-state index contributed by atoms with van der Waals surface area (Å²) in [5.74, 6) is 1.75. The lowest BCUT2D eigenvalue weighted by atomic mass is 10.1. The zero-order valence-electron chi connectivity index (χ0n) is 16.9. The molecule has 1 N–H and O–H groups in total. The molecule has 1 heterocycles. The first-order valence-corrected chi connectivity index (χ1v) is 9.64. The maximum atomic E-state index is 12.6. The summed E-state index contributed by atoms with van der Waals surface area (Å²) in [4.78, 5) is 17.1. The van der Waals surface area contributed by atoms with Crippen LogP contribution in [0.15, 0.2) is 48.5 Å². The molecule has 1 aliphatic rings. The molecule has 28 heavy (non-hydrogen) atoms. The summed E-state index contributed by atoms with van der Waals surface area (Å²) in [6.45, 7) is 6.04. The summed E-state index contributed by atoms with van der Waals surface area (Å²) in [5, 5.41) is 3.04. The van der Waals surface area contributed by atoms with Gasteiger partial charge in [-0.05, 0) is 48.9 Å². The average Bonchev–Trinajstić information content (AvgIpc) is 2.77. The molecule has 6 heteroatoms. The standard InChI is InChI=1S/C22H29N3O3/c1-17(22(26)23-16-18-4-8-20(27-2)9-5-18)24-12-14-25(15-13-24)19-6-10-21(28-3)11-7-19/h4-11,17H,12-16H2,1-3H3,(H,23,26)/t17-/m1/s1. The molecule has 0 aromatic heterocycles. The number of anilines is 1. The van der Waals surface area contributed by atoms with Crippen LogP contribution >= 0.6 is 0 Å². The smallest absolute Gasteiger partial charge is 0.237 e. The lowest BCUT2D eigenvalue weighted by Crippen LogP contribution is -2.53. The largest absolute Gasteiger partial charge is 0.497 e. The second-order valence-electron chi connectivity index (χ2n) is 6.96. The summed E-state index contributed by atoms with van der Waals surface area (Å²) in [7, 11) is 3.32. The molecule has 1 aliphatic heterocycles. The van der Waals surface area contributed by atoms with Gasteiger partial charge >= 0.3 is 0 Å². The lowest BCUT2D eigenvalue weighted by molar-refractivity contribution is -0.126. The van der Waals surface area contributed by atoms with Gasteiger partial charge in [0.2, 0.25) is 5.91 Å². The number of carbonyl (C=O) groups is 1. The predicted octanol–water partition coefficient (Wildman–Crippen LogP) is 2.53. The van der Waals surface area contributed by atoms with Gasteiger partial charge in [-0.2, -0.15) is 0 Å². The van der Waals surface area contributed by atoms with Gasteiger partial charge in [0, 0.05) is 38.4 Å². The number of hydrogen-bond donors (Lipinski definition) is 1. The van der Waals surface area contributed by atoms with E-state index in [-0.39, 0.29) is 11.9 Å². The highest BCUT2D eigenvalue weighted by molar-refractivity contribution is 5.81. The van der Waals surface area contributed by atoms with Crippen LogP contribution in [-0.4, -0.2) is 57.2 Å². The molecule has 0 bridgehead atoms. The first-order chi connectivity index (χ1) is 13.6. The predicted molar refractivity (Wildman–Crippen MR) is 111 cm³/mol. The number of carbonyl (C=O) groups excluding carboxylic acids is 1. The molecule has 0 aliphatic carbocycles. The summed E-state index contributed by atoms with van der Waals surface area (Å²) in [5.41, 5.74) is 2.25. The zero-order valence-corrected chi connectivity index (χ0v) is 16.9. The average molecular weight is 383 g/mol. The number of rotatable bonds is 7. The second-order valence-corrected chi connectivity index (χ2v) is 6.96. The number of nitrogens with zero attached hydrogens (tertiary/aromatic N) is 2. The van der Waals surface area contributed by atoms with Crippen LogP contribution in [0.5, 0.6) is 11.5 Å². The van der Waals surface area contributed by atoms with E-state index in [4.69, 9.17) is 9.47 Å². The number of piperazine rings is 1. The van der Waals surface area contributed by atoms with Gasteiger partial charge in [-0.3, -0.25) is 9.69 Å². The molecule has 1 fully saturated rings. The van der Waals surface area contributed by atoms with E-state index in [1.54, 1.807) is 14.2 Å². The number of nitrogens with one attached hydrogen (secondary N) is 1. The molecule has 0 unspecified atom stereocenters. The van der Waals surface area contributed by atoms with Crippen LogP contribution in [-0.2, 0) is 11.3 Å². The molecule has 1 amide bonds. The molecule has 0 radical (unpaired) electrons. The molecule has 6 nitrogen and oxygen atoms in total. The Balaban J connectivity index is 1.46. The fourth-order valence-corrected chi connectivity index (χ4v) is 3.41. The Morgan fingerprint density at radius 3 is 2.00 bits per heavy atom. The van der Waals surface area contributed by atoms with Crippen LogP contribution in [0.1, 0.15) is 12.5 Å². The van der Waals surface area contributed by atoms with Crippen molar-refractivity contribution in [2.24, 2.45) is 0 Å². The normalized spacial score (nSPS) is 15.8. The lowest BCUT2D eigenvalue weighted by Gasteiger charge is -2.38. The van der Waals surface area contributed by atoms with E-state index in [0.29, 0.717) is 6.54 Å². The summed E-state index contributed by atoms with van der Waals surface area (Å²) >= 11 is 0. The van der Waals surface area contributed by atoms with Gasteiger partial charge < -0.3 is 19.7 Å². The fraction of sp³-hybridized carbons (Fsp3) is 0.409. The molecule has 2 aromatic carbocycles. The van der Waals surface area contributed by atoms with Crippen molar-refractivity contribution in [3.63, 3.8) is 0 Å². The van der Waals surface area contributed by atoms with Crippen LogP contribution in [0.4, 0.5) is 5.69 Å². The van der Waals surface area contributed by atoms with Gasteiger partial charge in [-0.15, -0.1) is 0 Å². The Labute approximate surface area is 167 Å². The summed E-state index contributed by atoms with van der Waals surface area (Å²) in [6.07, 6.45) is 0. The van der Waals surface area contributed by atoms with E-state index in [9.17, 15) is 4.79 Å². The maximum absolute atomic E-state index is 12.6. The third kappa shape index (κ3) is 4.95. The Morgan fingerprint density at radius 1 is 0.929 bits per heavy atom. The van der Waals surface area contributed by atoms with Crippen molar-refractivity contribution in [1.82, 2.24) is 10.2 Å². The van der Waals surface area contributed by atoms with Gasteiger partial charge in [0.15, 0.2) is 0 Å². The molecule has 0 saturated carbocycles. The highest BCUT2D eigenvalue weighted by Crippen LogP contribution is 2.21. The van der Waals surface area contributed by atoms with Crippen LogP contribution in [0.2, 0.25) is 0 Å². The second kappa shape index (κ2) is 9.46. The number of methoxy groups -OCH3 is 2. The Morgan fingerprint density at radius 2 is 1.46 bits per heavy atom. The monoisotopic (exact) mass is 383 g/mol. The molecule has 1 saturated heterocycles. The minimum Gasteiger partial charge on any atom is -0.497 e. The minimum atomic E-state index is -0.142. The first kappa shape index (κ1) is 20.0. The van der Waals surface area contributed by atoms with Crippen molar-refractivity contribution >= 4 is 11.6 Å². The van der Waals surface area contributed by atoms with E-state index in [0.717, 1.165) is 43.2 Å². The van der Waals surface area contributed by atoms with E-state index in [1.807, 2.05) is 43.3 Å². The van der Waals surface area contributed by atoms with E-state index in [1.165, 1.54) is 5.69 Å². The van der Waals surface area contributed by atoms with E-state index >= 15 is 0 Å². The highest BCUT2D eigenvalue weighted by Gasteiger charge is 2.25. The van der Waals surface area contributed by atoms with Crippen molar-refractivity contribution in [3.05, 3.63) is 54.1 Å². The van der Waals surface area contributed by atoms with Crippen molar-refractivity contribution in [1.29, 1.82) is 0 Å². The third-order valence-electron chi connectivity index (χ3n) is 5.30. The minimum absolute atomic E-state index is 0.0636. The van der Waals surface area contributed by atoms with Gasteiger partial charge in [-0.1, -0.05) is 12.1 Å². The first-order valence-electron chi connectivity index (χ1n) is 9.64. The Bertz CT molecular complexity index is 754. The molecule has 0 spiro atoms. The Hall–Kier alpha value is -2.73. The van der Waals surface area contributed by atoms with Crippen molar-refractivity contribution < 1.29 is 14.3 Å². The molecule has 2 aromatic rings. The van der Waals surface area contributed by atoms with Crippen molar-refractivity contribution in [2.75, 3.05) is 45.3 Å². The number of benzene rings is 2. The highest BCUT2D eigenvalue weighted by atomic mass is 16.5.